The maximum atomic E-state index is 12.4. The predicted molar refractivity (Wildman–Crippen MR) is 148 cm³/mol. The van der Waals surface area contributed by atoms with Gasteiger partial charge < -0.3 is 19.2 Å². The first kappa shape index (κ1) is 40.9. The topological polar surface area (TPSA) is 188 Å². The van der Waals surface area contributed by atoms with E-state index in [4.69, 9.17) is 13.1 Å². The van der Waals surface area contributed by atoms with E-state index in [1.54, 1.807) is 6.92 Å². The number of ether oxygens (including phenoxy) is 1. The molecule has 0 aromatic rings. The molecule has 0 heterocycles. The third-order valence-electron chi connectivity index (χ3n) is 11.4. The molecule has 0 bridgehead atoms. The fourth-order valence-electron chi connectivity index (χ4n) is 9.74. The molecule has 44 heavy (non-hydrogen) atoms. The minimum Gasteiger partial charge on any atom is -0.726 e. The van der Waals surface area contributed by atoms with Gasteiger partial charge >= 0.3 is 65.1 Å². The van der Waals surface area contributed by atoms with Gasteiger partial charge in [-0.15, -0.1) is 0 Å². The Hall–Kier alpha value is 0.680. The minimum atomic E-state index is -5.15. The van der Waals surface area contributed by atoms with Gasteiger partial charge in [0.05, 0.1) is 6.61 Å². The molecule has 4 saturated carbocycles. The molecule has 0 aromatic heterocycles. The number of fused-ring (bicyclic) bond motifs is 5. The van der Waals surface area contributed by atoms with Crippen molar-refractivity contribution in [3.63, 3.8) is 0 Å². The van der Waals surface area contributed by atoms with Crippen LogP contribution in [-0.4, -0.2) is 63.2 Å². The molecule has 4 aliphatic carbocycles. The molecule has 0 radical (unpaired) electrons. The molecule has 4 rings (SSSR count). The normalized spacial score (nSPS) is 37.2. The van der Waals surface area contributed by atoms with E-state index >= 15 is 0 Å². The van der Waals surface area contributed by atoms with Crippen LogP contribution < -0.4 is 64.4 Å². The van der Waals surface area contributed by atoms with E-state index < -0.39 is 44.4 Å². The standard InChI is InChI=1S/C28H47NO11S2.2Na/c1-5-38-26(31)16-29-25(30)11-6-17(2)20-9-10-21-19-8-7-18-14-23(39-41(32,33)34)24(40-42(35,36)37)15-28(18,4)22(19)12-13-27(20,21)3;;/h17-24H,5-16H2,1-4H3,(H,29,30)(H,32,33,34)(H,35,36,37);;/q;2*+1/p-2/t17-,18+,19+,20-,21+,22+,23+,24+,27-,28+;;/m1../s1. The third kappa shape index (κ3) is 9.43. The van der Waals surface area contributed by atoms with Gasteiger partial charge in [0.2, 0.25) is 26.7 Å². The largest absolute Gasteiger partial charge is 1.00 e. The van der Waals surface area contributed by atoms with Crippen LogP contribution in [0, 0.1) is 46.3 Å². The molecular weight excluding hydrogens is 636 g/mol. The number of hydrogen-bond acceptors (Lipinski definition) is 11. The Morgan fingerprint density at radius 1 is 0.909 bits per heavy atom. The molecule has 1 N–H and O–H groups in total. The molecule has 0 aliphatic heterocycles. The second-order valence-electron chi connectivity index (χ2n) is 13.5. The number of nitrogens with one attached hydrogen (secondary N) is 1. The van der Waals surface area contributed by atoms with Gasteiger partial charge in [-0.1, -0.05) is 20.8 Å². The first-order valence-corrected chi connectivity index (χ1v) is 17.8. The quantitative estimate of drug-likeness (QED) is 0.102. The first-order valence-electron chi connectivity index (χ1n) is 15.2. The Bertz CT molecular complexity index is 1240. The Balaban J connectivity index is 0.00000337. The van der Waals surface area contributed by atoms with Crippen molar-refractivity contribution in [3.8, 4) is 0 Å². The summed E-state index contributed by atoms with van der Waals surface area (Å²) in [4.78, 5) is 23.9. The van der Waals surface area contributed by atoms with Crippen LogP contribution in [-0.2, 0) is 43.5 Å². The summed E-state index contributed by atoms with van der Waals surface area (Å²) in [7, 11) is -10.3. The van der Waals surface area contributed by atoms with Gasteiger partial charge in [0, 0.05) is 6.42 Å². The smallest absolute Gasteiger partial charge is 0.726 e. The van der Waals surface area contributed by atoms with Crippen LogP contribution in [0.5, 0.6) is 0 Å². The van der Waals surface area contributed by atoms with E-state index in [0.29, 0.717) is 30.1 Å². The molecule has 4 aliphatic rings. The maximum Gasteiger partial charge on any atom is 1.00 e. The summed E-state index contributed by atoms with van der Waals surface area (Å²) < 4.78 is 83.1. The summed E-state index contributed by atoms with van der Waals surface area (Å²) >= 11 is 0. The van der Waals surface area contributed by atoms with Crippen molar-refractivity contribution in [2.75, 3.05) is 13.2 Å². The van der Waals surface area contributed by atoms with Crippen molar-refractivity contribution in [1.29, 1.82) is 0 Å². The number of hydrogen-bond donors (Lipinski definition) is 1. The van der Waals surface area contributed by atoms with Gasteiger partial charge in [0.1, 0.15) is 18.8 Å². The third-order valence-corrected chi connectivity index (χ3v) is 12.4. The summed E-state index contributed by atoms with van der Waals surface area (Å²) in [6.45, 7) is 8.53. The average molecular weight is 682 g/mol. The summed E-state index contributed by atoms with van der Waals surface area (Å²) in [5.74, 6) is 1.24. The van der Waals surface area contributed by atoms with Crippen LogP contribution >= 0.6 is 0 Å². The van der Waals surface area contributed by atoms with E-state index in [-0.39, 0.29) is 108 Å². The monoisotopic (exact) mass is 681 g/mol. The molecule has 12 nitrogen and oxygen atoms in total. The van der Waals surface area contributed by atoms with Crippen LogP contribution in [0.2, 0.25) is 0 Å². The molecule has 0 spiro atoms. The second kappa shape index (κ2) is 15.9. The zero-order chi connectivity index (χ0) is 31.1. The van der Waals surface area contributed by atoms with Crippen molar-refractivity contribution in [2.45, 2.75) is 104 Å². The second-order valence-corrected chi connectivity index (χ2v) is 15.5. The molecular formula is C28H45NNa2O11S2. The van der Waals surface area contributed by atoms with Gasteiger partial charge in [-0.3, -0.25) is 18.0 Å². The fraction of sp³-hybridized carbons (Fsp3) is 0.929. The Morgan fingerprint density at radius 3 is 2.14 bits per heavy atom. The molecule has 10 atom stereocenters. The van der Waals surface area contributed by atoms with Gasteiger partial charge in [-0.25, -0.2) is 16.8 Å². The van der Waals surface area contributed by atoms with Crippen LogP contribution in [0.3, 0.4) is 0 Å². The van der Waals surface area contributed by atoms with Crippen LogP contribution in [0.4, 0.5) is 0 Å². The molecule has 0 saturated heterocycles. The number of carbonyl (C=O) groups excluding carboxylic acids is 2. The number of carbonyl (C=O) groups is 2. The molecule has 242 valence electrons. The maximum absolute atomic E-state index is 12.4. The molecule has 16 heteroatoms. The van der Waals surface area contributed by atoms with Crippen LogP contribution in [0.1, 0.15) is 91.9 Å². The first-order chi connectivity index (χ1) is 19.5. The Morgan fingerprint density at radius 2 is 1.52 bits per heavy atom. The predicted octanol–water partition coefficient (Wildman–Crippen LogP) is -2.95. The van der Waals surface area contributed by atoms with Gasteiger partial charge in [-0.2, -0.15) is 0 Å². The number of rotatable bonds is 11. The van der Waals surface area contributed by atoms with Crippen molar-refractivity contribution >= 4 is 32.7 Å². The average Bonchev–Trinajstić information content (AvgIpc) is 3.22. The van der Waals surface area contributed by atoms with E-state index in [1.165, 1.54) is 0 Å². The van der Waals surface area contributed by atoms with Gasteiger partial charge in [0.15, 0.2) is 0 Å². The summed E-state index contributed by atoms with van der Waals surface area (Å²) in [5, 5.41) is 2.64. The van der Waals surface area contributed by atoms with Crippen LogP contribution in [0.25, 0.3) is 0 Å². The van der Waals surface area contributed by atoms with Gasteiger partial charge in [0.25, 0.3) is 0 Å². The van der Waals surface area contributed by atoms with Crippen molar-refractivity contribution in [1.82, 2.24) is 5.32 Å². The Labute approximate surface area is 306 Å². The number of amides is 1. The summed E-state index contributed by atoms with van der Waals surface area (Å²) in [6, 6.07) is 0. The van der Waals surface area contributed by atoms with E-state index in [9.17, 15) is 35.5 Å². The van der Waals surface area contributed by atoms with Crippen molar-refractivity contribution < 1.29 is 108 Å². The van der Waals surface area contributed by atoms with E-state index in [2.05, 4.69) is 26.1 Å². The molecule has 4 fully saturated rings. The molecule has 1 amide bonds. The fourth-order valence-corrected chi connectivity index (χ4v) is 10.7. The SMILES string of the molecule is CCOC(=O)CNC(=O)CC[C@@H](C)[C@H]1CC[C@H]2[C@@H]3CC[C@H]4C[C@H](OS(=O)(=O)[O-])[C@@H](OS(=O)(=O)[O-])C[C@]4(C)[C@H]3CC[C@]12C.[Na+].[Na+]. The van der Waals surface area contributed by atoms with Crippen molar-refractivity contribution in [3.05, 3.63) is 0 Å². The number of esters is 1. The van der Waals surface area contributed by atoms with Crippen molar-refractivity contribution in [2.24, 2.45) is 46.3 Å². The molecule has 0 aromatic carbocycles. The minimum absolute atomic E-state index is 0. The van der Waals surface area contributed by atoms with Gasteiger partial charge in [-0.05, 0) is 111 Å². The zero-order valence-corrected chi connectivity index (χ0v) is 32.5. The Kier molecular flexibility index (Phi) is 14.8. The summed E-state index contributed by atoms with van der Waals surface area (Å²) in [6.07, 6.45) is 4.45. The zero-order valence-electron chi connectivity index (χ0n) is 26.9. The van der Waals surface area contributed by atoms with E-state index in [1.807, 2.05) is 0 Å². The van der Waals surface area contributed by atoms with E-state index in [0.717, 1.165) is 44.9 Å². The summed E-state index contributed by atoms with van der Waals surface area (Å²) in [5.41, 5.74) is -0.302. The molecule has 0 unspecified atom stereocenters. The van der Waals surface area contributed by atoms with Crippen LogP contribution in [0.15, 0.2) is 0 Å².